The standard InChI is InChI=1S/C14H21N6O7P/c1-14(22)9(21)7(4-26-28(23,24)25)27-12(14)20-5-16-8-10(17-6-2-3-6)18-13(15)19-11(8)20/h5-7,9,12,21-22H,2-4H2,1H3,(H2,23,24,25)(H3,15,17,18,19)/t7-,9-,12-,14-/m1/s1. The van der Waals surface area contributed by atoms with Crippen LogP contribution in [0, 0.1) is 0 Å². The molecule has 2 aromatic heterocycles. The normalized spacial score (nSPS) is 30.8. The first-order valence-corrected chi connectivity index (χ1v) is 10.1. The number of hydrogen-bond acceptors (Lipinski definition) is 10. The van der Waals surface area contributed by atoms with E-state index in [-0.39, 0.29) is 11.6 Å². The highest BCUT2D eigenvalue weighted by Crippen LogP contribution is 2.43. The third-order valence-corrected chi connectivity index (χ3v) is 5.26. The van der Waals surface area contributed by atoms with Gasteiger partial charge in [0.2, 0.25) is 5.95 Å². The van der Waals surface area contributed by atoms with Crippen molar-refractivity contribution in [3.05, 3.63) is 6.33 Å². The number of rotatable bonds is 6. The van der Waals surface area contributed by atoms with Gasteiger partial charge in [-0.1, -0.05) is 0 Å². The fourth-order valence-electron chi connectivity index (χ4n) is 3.17. The molecule has 13 nitrogen and oxygen atoms in total. The van der Waals surface area contributed by atoms with Gasteiger partial charge in [-0.2, -0.15) is 9.97 Å². The molecule has 7 N–H and O–H groups in total. The summed E-state index contributed by atoms with van der Waals surface area (Å²) >= 11 is 0. The van der Waals surface area contributed by atoms with Crippen molar-refractivity contribution in [2.75, 3.05) is 17.7 Å². The Morgan fingerprint density at radius 2 is 2.18 bits per heavy atom. The molecule has 1 saturated carbocycles. The minimum Gasteiger partial charge on any atom is -0.387 e. The topological polar surface area (TPSA) is 198 Å². The van der Waals surface area contributed by atoms with Crippen LogP contribution in [0.5, 0.6) is 0 Å². The molecule has 2 aromatic rings. The maximum Gasteiger partial charge on any atom is 0.469 e. The largest absolute Gasteiger partial charge is 0.469 e. The number of nitrogens with two attached hydrogens (primary N) is 1. The smallest absolute Gasteiger partial charge is 0.387 e. The lowest BCUT2D eigenvalue weighted by molar-refractivity contribution is -0.0949. The van der Waals surface area contributed by atoms with Gasteiger partial charge in [0.05, 0.1) is 12.9 Å². The molecule has 0 radical (unpaired) electrons. The van der Waals surface area contributed by atoms with Gasteiger partial charge >= 0.3 is 7.82 Å². The quantitative estimate of drug-likeness (QED) is 0.318. The highest BCUT2D eigenvalue weighted by Gasteiger charge is 2.54. The average molecular weight is 416 g/mol. The number of aliphatic hydroxyl groups excluding tert-OH is 1. The van der Waals surface area contributed by atoms with E-state index in [1.165, 1.54) is 17.8 Å². The summed E-state index contributed by atoms with van der Waals surface area (Å²) in [5, 5.41) is 24.4. The number of ether oxygens (including phenoxy) is 1. The zero-order valence-corrected chi connectivity index (χ0v) is 15.7. The van der Waals surface area contributed by atoms with Gasteiger partial charge in [-0.15, -0.1) is 0 Å². The Morgan fingerprint density at radius 3 is 2.82 bits per heavy atom. The number of fused-ring (bicyclic) bond motifs is 1. The average Bonchev–Trinajstić information content (AvgIpc) is 3.25. The SMILES string of the molecule is C[C@@]1(O)[C@H](O)[C@@H](COP(=O)(O)O)O[C@H]1n1cnc2c(NC3CC3)nc(N)nc21. The van der Waals surface area contributed by atoms with Gasteiger partial charge in [0.15, 0.2) is 23.2 Å². The number of phosphoric acid groups is 1. The molecule has 2 aliphatic rings. The van der Waals surface area contributed by atoms with Gasteiger partial charge in [-0.25, -0.2) is 9.55 Å². The molecule has 0 amide bonds. The fraction of sp³-hybridized carbons (Fsp3) is 0.643. The zero-order valence-electron chi connectivity index (χ0n) is 14.8. The van der Waals surface area contributed by atoms with Crippen LogP contribution in [0.2, 0.25) is 0 Å². The molecule has 0 bridgehead atoms. The highest BCUT2D eigenvalue weighted by atomic mass is 31.2. The predicted molar refractivity (Wildman–Crippen MR) is 94.9 cm³/mol. The Hall–Kier alpha value is -1.86. The van der Waals surface area contributed by atoms with E-state index in [0.717, 1.165) is 12.8 Å². The van der Waals surface area contributed by atoms with Crippen LogP contribution >= 0.6 is 7.82 Å². The molecule has 0 unspecified atom stereocenters. The minimum absolute atomic E-state index is 0.00280. The monoisotopic (exact) mass is 416 g/mol. The number of nitrogens with one attached hydrogen (secondary N) is 1. The van der Waals surface area contributed by atoms with Gasteiger partial charge in [0.1, 0.15) is 17.8 Å². The molecular weight excluding hydrogens is 395 g/mol. The summed E-state index contributed by atoms with van der Waals surface area (Å²) in [6, 6.07) is 0.296. The van der Waals surface area contributed by atoms with Crippen LogP contribution in [0.4, 0.5) is 11.8 Å². The van der Waals surface area contributed by atoms with E-state index < -0.39 is 38.5 Å². The van der Waals surface area contributed by atoms with Crippen LogP contribution in [-0.2, 0) is 13.8 Å². The van der Waals surface area contributed by atoms with Crippen LogP contribution < -0.4 is 11.1 Å². The summed E-state index contributed by atoms with van der Waals surface area (Å²) in [7, 11) is -4.76. The van der Waals surface area contributed by atoms with Crippen LogP contribution in [0.25, 0.3) is 11.2 Å². The number of hydrogen-bond donors (Lipinski definition) is 6. The maximum atomic E-state index is 10.9. The van der Waals surface area contributed by atoms with Crippen LogP contribution in [0.15, 0.2) is 6.33 Å². The summed E-state index contributed by atoms with van der Waals surface area (Å²) in [4.78, 5) is 30.3. The predicted octanol–water partition coefficient (Wildman–Crippen LogP) is -0.899. The molecular formula is C14H21N6O7P. The zero-order chi connectivity index (χ0) is 20.3. The first-order valence-electron chi connectivity index (χ1n) is 8.59. The lowest BCUT2D eigenvalue weighted by Gasteiger charge is -2.27. The Bertz CT molecular complexity index is 942. The molecule has 1 aliphatic carbocycles. The maximum absolute atomic E-state index is 10.9. The van der Waals surface area contributed by atoms with Crippen LogP contribution in [0.3, 0.4) is 0 Å². The number of nitrogen functional groups attached to an aromatic ring is 1. The van der Waals surface area contributed by atoms with Crippen LogP contribution in [-0.4, -0.2) is 70.0 Å². The molecule has 1 aliphatic heterocycles. The van der Waals surface area contributed by atoms with E-state index in [1.54, 1.807) is 0 Å². The Labute approximate surface area is 158 Å². The van der Waals surface area contributed by atoms with Crippen molar-refractivity contribution in [1.29, 1.82) is 0 Å². The van der Waals surface area contributed by atoms with Crippen LogP contribution in [0.1, 0.15) is 26.0 Å². The lowest BCUT2D eigenvalue weighted by Crippen LogP contribution is -2.44. The van der Waals surface area contributed by atoms with E-state index >= 15 is 0 Å². The van der Waals surface area contributed by atoms with E-state index in [1.807, 2.05) is 0 Å². The van der Waals surface area contributed by atoms with Crippen molar-refractivity contribution in [2.45, 2.75) is 49.8 Å². The van der Waals surface area contributed by atoms with E-state index in [9.17, 15) is 14.8 Å². The van der Waals surface area contributed by atoms with E-state index in [0.29, 0.717) is 17.4 Å². The fourth-order valence-corrected chi connectivity index (χ4v) is 3.52. The molecule has 4 atom stereocenters. The van der Waals surface area contributed by atoms with Crippen molar-refractivity contribution >= 4 is 30.8 Å². The van der Waals surface area contributed by atoms with Gasteiger partial charge in [-0.3, -0.25) is 9.09 Å². The molecule has 14 heteroatoms. The third-order valence-electron chi connectivity index (χ3n) is 4.77. The summed E-state index contributed by atoms with van der Waals surface area (Å²) < 4.78 is 22.4. The molecule has 3 heterocycles. The second-order valence-corrected chi connectivity index (χ2v) is 8.40. The number of imidazole rings is 1. The van der Waals surface area contributed by atoms with Gasteiger partial charge in [-0.05, 0) is 19.8 Å². The summed E-state index contributed by atoms with van der Waals surface area (Å²) in [6.07, 6.45) is -0.423. The summed E-state index contributed by atoms with van der Waals surface area (Å²) in [5.74, 6) is 0.459. The molecule has 1 saturated heterocycles. The van der Waals surface area contributed by atoms with Gasteiger partial charge < -0.3 is 35.8 Å². The van der Waals surface area contributed by atoms with Crippen molar-refractivity contribution in [3.63, 3.8) is 0 Å². The number of phosphoric ester groups is 1. The molecule has 4 rings (SSSR count). The highest BCUT2D eigenvalue weighted by molar-refractivity contribution is 7.46. The second-order valence-electron chi connectivity index (χ2n) is 7.16. The Morgan fingerprint density at radius 1 is 1.46 bits per heavy atom. The Balaban J connectivity index is 1.67. The number of anilines is 2. The van der Waals surface area contributed by atoms with Crippen molar-refractivity contribution in [3.8, 4) is 0 Å². The molecule has 154 valence electrons. The second kappa shape index (κ2) is 6.59. The van der Waals surface area contributed by atoms with E-state index in [2.05, 4.69) is 24.8 Å². The van der Waals surface area contributed by atoms with Crippen molar-refractivity contribution in [1.82, 2.24) is 19.5 Å². The third kappa shape index (κ3) is 3.57. The van der Waals surface area contributed by atoms with Gasteiger partial charge in [0.25, 0.3) is 0 Å². The summed E-state index contributed by atoms with van der Waals surface area (Å²) in [6.45, 7) is 0.718. The first-order chi connectivity index (χ1) is 13.1. The lowest BCUT2D eigenvalue weighted by atomic mass is 9.96. The first kappa shape index (κ1) is 19.5. The number of aliphatic hydroxyl groups is 2. The van der Waals surface area contributed by atoms with Crippen molar-refractivity contribution in [2.24, 2.45) is 0 Å². The summed E-state index contributed by atoms with van der Waals surface area (Å²) in [5.41, 5.74) is 4.69. The number of aromatic nitrogens is 4. The molecule has 0 aromatic carbocycles. The van der Waals surface area contributed by atoms with E-state index in [4.69, 9.17) is 20.3 Å². The minimum atomic E-state index is -4.76. The Kier molecular flexibility index (Phi) is 4.58. The molecule has 0 spiro atoms. The molecule has 2 fully saturated rings. The molecule has 28 heavy (non-hydrogen) atoms. The van der Waals surface area contributed by atoms with Crippen molar-refractivity contribution < 1.29 is 33.8 Å². The van der Waals surface area contributed by atoms with Gasteiger partial charge in [0, 0.05) is 6.04 Å². The number of nitrogens with zero attached hydrogens (tertiary/aromatic N) is 4.